The number of pyridine rings is 1. The molecule has 2 aromatic heterocycles. The fourth-order valence-corrected chi connectivity index (χ4v) is 1.81. The molecule has 96 valence electrons. The zero-order valence-electron chi connectivity index (χ0n) is 10.5. The van der Waals surface area contributed by atoms with Crippen molar-refractivity contribution in [3.63, 3.8) is 0 Å². The third-order valence-electron chi connectivity index (χ3n) is 2.83. The number of furan rings is 1. The number of aromatic nitrogens is 1. The van der Waals surface area contributed by atoms with E-state index in [1.54, 1.807) is 0 Å². The topological polar surface area (TPSA) is 49.5 Å². The van der Waals surface area contributed by atoms with Gasteiger partial charge in [-0.1, -0.05) is 0 Å². The Hall–Kier alpha value is -1.65. The molecule has 0 saturated carbocycles. The number of aliphatic hydroxyl groups excluding tert-OH is 1. The third kappa shape index (κ3) is 3.68. The molecule has 0 fully saturated rings. The maximum absolute atomic E-state index is 8.92. The summed E-state index contributed by atoms with van der Waals surface area (Å²) in [5.74, 6) is 1.50. The van der Waals surface area contributed by atoms with Crippen molar-refractivity contribution in [2.75, 3.05) is 13.6 Å². The normalized spacial score (nSPS) is 11.1. The van der Waals surface area contributed by atoms with Crippen LogP contribution in [0.4, 0.5) is 0 Å². The Kier molecular flexibility index (Phi) is 4.50. The molecule has 0 aliphatic heterocycles. The van der Waals surface area contributed by atoms with Gasteiger partial charge in [0.1, 0.15) is 18.1 Å². The lowest BCUT2D eigenvalue weighted by atomic mass is 10.2. The monoisotopic (exact) mass is 246 g/mol. The first kappa shape index (κ1) is 12.8. The molecular formula is C14H18N2O2. The van der Waals surface area contributed by atoms with Crippen molar-refractivity contribution < 1.29 is 9.52 Å². The van der Waals surface area contributed by atoms with Crippen LogP contribution in [0.25, 0.3) is 0 Å². The lowest BCUT2D eigenvalue weighted by Crippen LogP contribution is -2.20. The van der Waals surface area contributed by atoms with Gasteiger partial charge < -0.3 is 9.52 Å². The van der Waals surface area contributed by atoms with Crippen LogP contribution in [0.5, 0.6) is 0 Å². The minimum absolute atomic E-state index is 0.0409. The molecule has 0 unspecified atom stereocenters. The smallest absolute Gasteiger partial charge is 0.129 e. The van der Waals surface area contributed by atoms with E-state index in [0.29, 0.717) is 5.76 Å². The highest BCUT2D eigenvalue weighted by molar-refractivity contribution is 5.10. The SMILES string of the molecule is CN(CCc1ccncc1)Cc1ccc(CO)o1. The Bertz CT molecular complexity index is 468. The largest absolute Gasteiger partial charge is 0.462 e. The molecule has 2 heterocycles. The van der Waals surface area contributed by atoms with Crippen molar-refractivity contribution in [3.8, 4) is 0 Å². The van der Waals surface area contributed by atoms with E-state index in [4.69, 9.17) is 9.52 Å². The van der Waals surface area contributed by atoms with Crippen LogP contribution < -0.4 is 0 Å². The molecule has 0 radical (unpaired) electrons. The van der Waals surface area contributed by atoms with Gasteiger partial charge in [0.05, 0.1) is 6.54 Å². The second-order valence-corrected chi connectivity index (χ2v) is 4.37. The predicted octanol–water partition coefficient (Wildman–Crippen LogP) is 1.84. The maximum Gasteiger partial charge on any atom is 0.129 e. The number of hydrogen-bond acceptors (Lipinski definition) is 4. The highest BCUT2D eigenvalue weighted by Crippen LogP contribution is 2.10. The molecular weight excluding hydrogens is 228 g/mol. The predicted molar refractivity (Wildman–Crippen MR) is 68.9 cm³/mol. The van der Waals surface area contributed by atoms with Gasteiger partial charge in [-0.3, -0.25) is 9.88 Å². The second kappa shape index (κ2) is 6.33. The van der Waals surface area contributed by atoms with Gasteiger partial charge in [0.25, 0.3) is 0 Å². The standard InChI is InChI=1S/C14H18N2O2/c1-16(9-6-12-4-7-15-8-5-12)10-13-2-3-14(11-17)18-13/h2-5,7-8,17H,6,9-11H2,1H3. The van der Waals surface area contributed by atoms with Crippen LogP contribution in [0.2, 0.25) is 0 Å². The van der Waals surface area contributed by atoms with Gasteiger partial charge in [-0.2, -0.15) is 0 Å². The van der Waals surface area contributed by atoms with Crippen molar-refractivity contribution >= 4 is 0 Å². The molecule has 0 spiro atoms. The summed E-state index contributed by atoms with van der Waals surface area (Å²) in [5, 5.41) is 8.92. The molecule has 0 bridgehead atoms. The maximum atomic E-state index is 8.92. The summed E-state index contributed by atoms with van der Waals surface area (Å²) in [6.07, 6.45) is 4.62. The van der Waals surface area contributed by atoms with Crippen LogP contribution in [0, 0.1) is 0 Å². The van der Waals surface area contributed by atoms with Gasteiger partial charge in [-0.25, -0.2) is 0 Å². The Balaban J connectivity index is 1.80. The first-order valence-corrected chi connectivity index (χ1v) is 6.04. The second-order valence-electron chi connectivity index (χ2n) is 4.37. The average molecular weight is 246 g/mol. The average Bonchev–Trinajstić information content (AvgIpc) is 2.85. The van der Waals surface area contributed by atoms with E-state index in [-0.39, 0.29) is 6.61 Å². The van der Waals surface area contributed by atoms with Crippen molar-refractivity contribution in [1.82, 2.24) is 9.88 Å². The first-order valence-electron chi connectivity index (χ1n) is 6.04. The number of aliphatic hydroxyl groups is 1. The van der Waals surface area contributed by atoms with Gasteiger partial charge in [0.2, 0.25) is 0 Å². The van der Waals surface area contributed by atoms with E-state index in [1.165, 1.54) is 5.56 Å². The number of hydrogen-bond donors (Lipinski definition) is 1. The van der Waals surface area contributed by atoms with Crippen molar-refractivity contribution in [3.05, 3.63) is 53.7 Å². The summed E-state index contributed by atoms with van der Waals surface area (Å²) in [6.45, 7) is 1.67. The molecule has 0 aliphatic rings. The Morgan fingerprint density at radius 3 is 2.56 bits per heavy atom. The van der Waals surface area contributed by atoms with Gasteiger partial charge in [-0.15, -0.1) is 0 Å². The zero-order chi connectivity index (χ0) is 12.8. The van der Waals surface area contributed by atoms with Crippen LogP contribution in [-0.2, 0) is 19.6 Å². The van der Waals surface area contributed by atoms with E-state index >= 15 is 0 Å². The van der Waals surface area contributed by atoms with Gasteiger partial charge in [0.15, 0.2) is 0 Å². The highest BCUT2D eigenvalue weighted by Gasteiger charge is 2.05. The zero-order valence-corrected chi connectivity index (χ0v) is 10.5. The lowest BCUT2D eigenvalue weighted by molar-refractivity contribution is 0.233. The lowest BCUT2D eigenvalue weighted by Gasteiger charge is -2.14. The fraction of sp³-hybridized carbons (Fsp3) is 0.357. The number of likely N-dealkylation sites (N-methyl/N-ethyl adjacent to an activating group) is 1. The molecule has 1 N–H and O–H groups in total. The van der Waals surface area contributed by atoms with Crippen molar-refractivity contribution in [1.29, 1.82) is 0 Å². The van der Waals surface area contributed by atoms with E-state index in [0.717, 1.165) is 25.3 Å². The Labute approximate surface area is 107 Å². The molecule has 0 amide bonds. The number of rotatable bonds is 6. The van der Waals surface area contributed by atoms with E-state index < -0.39 is 0 Å². The van der Waals surface area contributed by atoms with Crippen molar-refractivity contribution in [2.24, 2.45) is 0 Å². The molecule has 4 heteroatoms. The quantitative estimate of drug-likeness (QED) is 0.845. The molecule has 0 saturated heterocycles. The van der Waals surface area contributed by atoms with Crippen LogP contribution in [0.1, 0.15) is 17.1 Å². The molecule has 2 aromatic rings. The van der Waals surface area contributed by atoms with Crippen LogP contribution >= 0.6 is 0 Å². The first-order chi connectivity index (χ1) is 8.78. The summed E-state index contributed by atoms with van der Waals surface area (Å²) in [6, 6.07) is 7.79. The van der Waals surface area contributed by atoms with E-state index in [9.17, 15) is 0 Å². The summed E-state index contributed by atoms with van der Waals surface area (Å²) in [7, 11) is 2.06. The molecule has 2 rings (SSSR count). The van der Waals surface area contributed by atoms with Crippen LogP contribution in [0.15, 0.2) is 41.1 Å². The van der Waals surface area contributed by atoms with E-state index in [1.807, 2.05) is 36.7 Å². The summed E-state index contributed by atoms with van der Waals surface area (Å²) >= 11 is 0. The number of nitrogens with zero attached hydrogens (tertiary/aromatic N) is 2. The molecule has 0 atom stereocenters. The Morgan fingerprint density at radius 2 is 1.89 bits per heavy atom. The summed E-state index contributed by atoms with van der Waals surface area (Å²) in [4.78, 5) is 6.19. The van der Waals surface area contributed by atoms with E-state index in [2.05, 4.69) is 16.9 Å². The molecule has 4 nitrogen and oxygen atoms in total. The van der Waals surface area contributed by atoms with Gasteiger partial charge >= 0.3 is 0 Å². The Morgan fingerprint density at radius 1 is 1.17 bits per heavy atom. The van der Waals surface area contributed by atoms with Crippen LogP contribution in [-0.4, -0.2) is 28.6 Å². The van der Waals surface area contributed by atoms with Crippen LogP contribution in [0.3, 0.4) is 0 Å². The van der Waals surface area contributed by atoms with Gasteiger partial charge in [0, 0.05) is 18.9 Å². The highest BCUT2D eigenvalue weighted by atomic mass is 16.4. The molecule has 0 aliphatic carbocycles. The van der Waals surface area contributed by atoms with Crippen molar-refractivity contribution in [2.45, 2.75) is 19.6 Å². The van der Waals surface area contributed by atoms with Gasteiger partial charge in [-0.05, 0) is 43.3 Å². The third-order valence-corrected chi connectivity index (χ3v) is 2.83. The summed E-state index contributed by atoms with van der Waals surface area (Å²) in [5.41, 5.74) is 1.28. The minimum atomic E-state index is -0.0409. The molecule has 0 aromatic carbocycles. The molecule has 18 heavy (non-hydrogen) atoms. The minimum Gasteiger partial charge on any atom is -0.462 e. The fourth-order valence-electron chi connectivity index (χ4n) is 1.81. The summed E-state index contributed by atoms with van der Waals surface area (Å²) < 4.78 is 5.45.